The van der Waals surface area contributed by atoms with E-state index in [2.05, 4.69) is 38.1 Å². The monoisotopic (exact) mass is 280 g/mol. The van der Waals surface area contributed by atoms with Crippen molar-refractivity contribution in [2.45, 2.75) is 46.7 Å². The zero-order valence-corrected chi connectivity index (χ0v) is 13.3. The fourth-order valence-corrected chi connectivity index (χ4v) is 3.30. The van der Waals surface area contributed by atoms with E-state index in [0.717, 1.165) is 17.4 Å². The number of hydrogen-bond donors (Lipinski definition) is 1. The van der Waals surface area contributed by atoms with Gasteiger partial charge in [-0.1, -0.05) is 25.6 Å². The lowest BCUT2D eigenvalue weighted by molar-refractivity contribution is 0.442. The molecule has 0 aromatic carbocycles. The van der Waals surface area contributed by atoms with Gasteiger partial charge < -0.3 is 5.32 Å². The van der Waals surface area contributed by atoms with E-state index in [0.29, 0.717) is 12.0 Å². The molecule has 0 aliphatic carbocycles. The number of nitrogens with one attached hydrogen (secondary N) is 1. The highest BCUT2D eigenvalue weighted by atomic mass is 32.2. The maximum Gasteiger partial charge on any atom is 0.157 e. The van der Waals surface area contributed by atoms with Gasteiger partial charge in [0.2, 0.25) is 0 Å². The fourth-order valence-electron chi connectivity index (χ4n) is 2.34. The fraction of sp³-hybridized carbons (Fsp3) is 0.714. The van der Waals surface area contributed by atoms with Crippen molar-refractivity contribution in [3.05, 3.63) is 17.0 Å². The Bertz CT molecular complexity index is 476. The van der Waals surface area contributed by atoms with Crippen LogP contribution in [0.25, 0.3) is 0 Å². The number of hydrogen-bond acceptors (Lipinski definition) is 3. The van der Waals surface area contributed by atoms with Crippen molar-refractivity contribution in [2.24, 2.45) is 18.0 Å². The molecule has 1 aliphatic heterocycles. The van der Waals surface area contributed by atoms with Crippen LogP contribution in [0.2, 0.25) is 0 Å². The largest absolute Gasteiger partial charge is 0.362 e. The van der Waals surface area contributed by atoms with Crippen molar-refractivity contribution >= 4 is 16.9 Å². The summed E-state index contributed by atoms with van der Waals surface area (Å²) in [6.45, 7) is 9.42. The maximum absolute atomic E-state index is 4.74. The number of nitrogens with zero attached hydrogens (tertiary/aromatic N) is 3. The third kappa shape index (κ3) is 3.32. The highest BCUT2D eigenvalue weighted by Crippen LogP contribution is 2.20. The number of thioether (sulfide) groups is 1. The number of aliphatic imine (C=N–C) groups is 1. The summed E-state index contributed by atoms with van der Waals surface area (Å²) < 4.78 is 1.93. The van der Waals surface area contributed by atoms with Crippen LogP contribution in [0.1, 0.15) is 37.2 Å². The molecule has 1 unspecified atom stereocenters. The molecule has 0 saturated carbocycles. The van der Waals surface area contributed by atoms with Crippen molar-refractivity contribution < 1.29 is 0 Å². The van der Waals surface area contributed by atoms with Crippen LogP contribution in [0.5, 0.6) is 0 Å². The maximum atomic E-state index is 4.74. The lowest BCUT2D eigenvalue weighted by atomic mass is 10.0. The summed E-state index contributed by atoms with van der Waals surface area (Å²) >= 11 is 1.83. The molecule has 1 fully saturated rings. The van der Waals surface area contributed by atoms with E-state index in [9.17, 15) is 0 Å². The van der Waals surface area contributed by atoms with Crippen LogP contribution < -0.4 is 5.32 Å². The first-order valence-corrected chi connectivity index (χ1v) is 7.90. The first-order valence-electron chi connectivity index (χ1n) is 6.92. The highest BCUT2D eigenvalue weighted by Gasteiger charge is 2.20. The van der Waals surface area contributed by atoms with Crippen LogP contribution in [0, 0.1) is 19.8 Å². The van der Waals surface area contributed by atoms with Crippen LogP contribution in [0.4, 0.5) is 0 Å². The van der Waals surface area contributed by atoms with Gasteiger partial charge in [-0.15, -0.1) is 0 Å². The first kappa shape index (κ1) is 14.4. The molecule has 4 nitrogen and oxygen atoms in total. The molecule has 0 bridgehead atoms. The topological polar surface area (TPSA) is 42.2 Å². The van der Waals surface area contributed by atoms with Gasteiger partial charge in [0.05, 0.1) is 12.2 Å². The van der Waals surface area contributed by atoms with E-state index in [4.69, 9.17) is 4.99 Å². The summed E-state index contributed by atoms with van der Waals surface area (Å²) in [5, 5.41) is 9.08. The van der Waals surface area contributed by atoms with E-state index in [1.807, 2.05) is 23.5 Å². The standard InChI is InChI=1S/C14H24N4S/c1-9(2)13-6-7-19-14(16-13)15-8-12-10(3)17-18(5)11(12)4/h9,13H,6-8H2,1-5H3,(H,15,16). The summed E-state index contributed by atoms with van der Waals surface area (Å²) in [5.41, 5.74) is 3.55. The normalized spacial score (nSPS) is 22.0. The van der Waals surface area contributed by atoms with E-state index in [1.54, 1.807) is 0 Å². The van der Waals surface area contributed by atoms with Crippen LogP contribution in [-0.2, 0) is 13.6 Å². The Morgan fingerprint density at radius 1 is 1.47 bits per heavy atom. The van der Waals surface area contributed by atoms with Gasteiger partial charge in [-0.05, 0) is 26.2 Å². The molecule has 2 heterocycles. The molecule has 0 spiro atoms. The van der Waals surface area contributed by atoms with Crippen molar-refractivity contribution in [2.75, 3.05) is 5.75 Å². The Morgan fingerprint density at radius 2 is 2.21 bits per heavy atom. The van der Waals surface area contributed by atoms with E-state index in [1.165, 1.54) is 23.4 Å². The summed E-state index contributed by atoms with van der Waals surface area (Å²) in [5.74, 6) is 1.83. The molecule has 1 aromatic rings. The van der Waals surface area contributed by atoms with Gasteiger partial charge in [0, 0.05) is 30.1 Å². The van der Waals surface area contributed by atoms with Crippen molar-refractivity contribution in [3.63, 3.8) is 0 Å². The van der Waals surface area contributed by atoms with Gasteiger partial charge >= 0.3 is 0 Å². The van der Waals surface area contributed by atoms with Crippen molar-refractivity contribution in [3.8, 4) is 0 Å². The van der Waals surface area contributed by atoms with Gasteiger partial charge in [-0.2, -0.15) is 5.10 Å². The van der Waals surface area contributed by atoms with Crippen molar-refractivity contribution in [1.29, 1.82) is 0 Å². The Morgan fingerprint density at radius 3 is 2.79 bits per heavy atom. The zero-order valence-electron chi connectivity index (χ0n) is 12.5. The highest BCUT2D eigenvalue weighted by molar-refractivity contribution is 8.13. The summed E-state index contributed by atoms with van der Waals surface area (Å²) in [4.78, 5) is 4.74. The minimum Gasteiger partial charge on any atom is -0.362 e. The smallest absolute Gasteiger partial charge is 0.157 e. The molecule has 106 valence electrons. The lowest BCUT2D eigenvalue weighted by Gasteiger charge is -2.28. The van der Waals surface area contributed by atoms with Gasteiger partial charge in [-0.3, -0.25) is 9.67 Å². The second-order valence-electron chi connectivity index (χ2n) is 5.53. The van der Waals surface area contributed by atoms with Gasteiger partial charge in [-0.25, -0.2) is 0 Å². The van der Waals surface area contributed by atoms with Gasteiger partial charge in [0.15, 0.2) is 5.17 Å². The molecule has 0 radical (unpaired) electrons. The molecule has 2 rings (SSSR count). The second-order valence-corrected chi connectivity index (χ2v) is 6.61. The third-order valence-corrected chi connectivity index (χ3v) is 4.78. The Labute approximate surface area is 120 Å². The van der Waals surface area contributed by atoms with Gasteiger partial charge in [0.1, 0.15) is 0 Å². The van der Waals surface area contributed by atoms with Crippen LogP contribution in [0.15, 0.2) is 4.99 Å². The molecule has 1 saturated heterocycles. The molecule has 5 heteroatoms. The molecule has 1 atom stereocenters. The van der Waals surface area contributed by atoms with Gasteiger partial charge in [0.25, 0.3) is 0 Å². The summed E-state index contributed by atoms with van der Waals surface area (Å²) in [7, 11) is 1.99. The molecule has 1 aliphatic rings. The predicted molar refractivity (Wildman–Crippen MR) is 82.7 cm³/mol. The third-order valence-electron chi connectivity index (χ3n) is 3.82. The average Bonchev–Trinajstić information content (AvgIpc) is 2.61. The Kier molecular flexibility index (Phi) is 4.55. The zero-order chi connectivity index (χ0) is 14.0. The SMILES string of the molecule is Cc1nn(C)c(C)c1CN=C1NC(C(C)C)CCS1. The van der Waals surface area contributed by atoms with Crippen LogP contribution in [0.3, 0.4) is 0 Å². The number of amidine groups is 1. The first-order chi connectivity index (χ1) is 8.99. The Balaban J connectivity index is 2.06. The minimum atomic E-state index is 0.566. The van der Waals surface area contributed by atoms with E-state index in [-0.39, 0.29) is 0 Å². The number of aryl methyl sites for hydroxylation is 2. The summed E-state index contributed by atoms with van der Waals surface area (Å²) in [6, 6.07) is 0.566. The minimum absolute atomic E-state index is 0.566. The van der Waals surface area contributed by atoms with Crippen LogP contribution >= 0.6 is 11.8 Å². The lowest BCUT2D eigenvalue weighted by Crippen LogP contribution is -2.41. The average molecular weight is 280 g/mol. The van der Waals surface area contributed by atoms with Crippen LogP contribution in [-0.4, -0.2) is 26.7 Å². The Hall–Kier alpha value is -0.970. The quantitative estimate of drug-likeness (QED) is 0.925. The molecule has 1 N–H and O–H groups in total. The second kappa shape index (κ2) is 5.99. The number of rotatable bonds is 3. The number of aromatic nitrogens is 2. The summed E-state index contributed by atoms with van der Waals surface area (Å²) in [6.07, 6.45) is 1.23. The molecular formula is C14H24N4S. The van der Waals surface area contributed by atoms with E-state index < -0.39 is 0 Å². The molecular weight excluding hydrogens is 256 g/mol. The van der Waals surface area contributed by atoms with E-state index >= 15 is 0 Å². The predicted octanol–water partition coefficient (Wildman–Crippen LogP) is 2.64. The molecule has 0 amide bonds. The molecule has 19 heavy (non-hydrogen) atoms. The molecule has 1 aromatic heterocycles. The van der Waals surface area contributed by atoms with Crippen molar-refractivity contribution in [1.82, 2.24) is 15.1 Å².